The smallest absolute Gasteiger partial charge is 0.247 e. The molecule has 1 aromatic heterocycles. The number of hydrogen-bond donors (Lipinski definition) is 2. The Morgan fingerprint density at radius 1 is 1.32 bits per heavy atom. The molecule has 2 N–H and O–H groups in total. The van der Waals surface area contributed by atoms with Gasteiger partial charge in [-0.15, -0.1) is 10.2 Å². The molecule has 3 rings (SSSR count). The summed E-state index contributed by atoms with van der Waals surface area (Å²) in [6.45, 7) is 8.25. The molecule has 0 amide bonds. The van der Waals surface area contributed by atoms with E-state index in [4.69, 9.17) is 9.52 Å². The van der Waals surface area contributed by atoms with Gasteiger partial charge in [0.25, 0.3) is 0 Å². The van der Waals surface area contributed by atoms with Crippen LogP contribution in [0.3, 0.4) is 0 Å². The van der Waals surface area contributed by atoms with Crippen molar-refractivity contribution >= 4 is 0 Å². The average molecular weight is 344 g/mol. The van der Waals surface area contributed by atoms with Crippen LogP contribution in [0.5, 0.6) is 0 Å². The Kier molecular flexibility index (Phi) is 6.18. The molecule has 6 nitrogen and oxygen atoms in total. The monoisotopic (exact) mass is 344 g/mol. The number of aryl methyl sites for hydroxylation is 1. The first-order chi connectivity index (χ1) is 12.2. The highest BCUT2D eigenvalue weighted by molar-refractivity contribution is 5.53. The summed E-state index contributed by atoms with van der Waals surface area (Å²) in [6, 6.07) is 8.13. The number of nitrogens with zero attached hydrogens (tertiary/aromatic N) is 3. The summed E-state index contributed by atoms with van der Waals surface area (Å²) >= 11 is 0. The van der Waals surface area contributed by atoms with Crippen LogP contribution in [0.2, 0.25) is 0 Å². The van der Waals surface area contributed by atoms with Gasteiger partial charge >= 0.3 is 0 Å². The first kappa shape index (κ1) is 18.0. The number of likely N-dealkylation sites (tertiary alicyclic amines) is 1. The topological polar surface area (TPSA) is 74.4 Å². The molecule has 1 fully saturated rings. The zero-order valence-corrected chi connectivity index (χ0v) is 15.1. The molecule has 2 aromatic rings. The van der Waals surface area contributed by atoms with Gasteiger partial charge in [0, 0.05) is 12.1 Å². The number of aromatic nitrogens is 2. The van der Waals surface area contributed by atoms with Crippen molar-refractivity contribution in [3.8, 4) is 11.5 Å². The first-order valence-electron chi connectivity index (χ1n) is 9.12. The minimum absolute atomic E-state index is 0.0431. The number of nitrogens with one attached hydrogen (secondary N) is 1. The fraction of sp³-hybridized carbons (Fsp3) is 0.579. The minimum Gasteiger partial charge on any atom is -0.419 e. The van der Waals surface area contributed by atoms with E-state index in [9.17, 15) is 0 Å². The van der Waals surface area contributed by atoms with Crippen LogP contribution in [0.15, 0.2) is 28.7 Å². The Balaban J connectivity index is 1.50. The lowest BCUT2D eigenvalue weighted by Crippen LogP contribution is -2.39. The Hall–Kier alpha value is -1.76. The first-order valence-corrected chi connectivity index (χ1v) is 9.12. The van der Waals surface area contributed by atoms with Gasteiger partial charge in [-0.1, -0.05) is 17.7 Å². The molecule has 25 heavy (non-hydrogen) atoms. The van der Waals surface area contributed by atoms with E-state index in [-0.39, 0.29) is 12.6 Å². The lowest BCUT2D eigenvalue weighted by molar-refractivity contribution is 0.145. The molecule has 2 heterocycles. The van der Waals surface area contributed by atoms with Crippen LogP contribution < -0.4 is 5.32 Å². The molecule has 0 saturated carbocycles. The minimum atomic E-state index is 0.0431. The second kappa shape index (κ2) is 8.56. The SMILES string of the molecule is Cc1cccc(-c2nnc(C(C)NCC3CCN(CCO)CC3)o2)c1. The second-order valence-electron chi connectivity index (χ2n) is 6.95. The van der Waals surface area contributed by atoms with Crippen LogP contribution in [-0.2, 0) is 0 Å². The summed E-state index contributed by atoms with van der Waals surface area (Å²) in [5.41, 5.74) is 2.14. The zero-order chi connectivity index (χ0) is 17.6. The Bertz CT molecular complexity index is 665. The molecule has 1 saturated heterocycles. The van der Waals surface area contributed by atoms with Gasteiger partial charge in [-0.3, -0.25) is 0 Å². The highest BCUT2D eigenvalue weighted by atomic mass is 16.4. The summed E-state index contributed by atoms with van der Waals surface area (Å²) in [5, 5.41) is 20.9. The van der Waals surface area contributed by atoms with E-state index in [1.54, 1.807) is 0 Å². The van der Waals surface area contributed by atoms with Gasteiger partial charge in [-0.2, -0.15) is 0 Å². The van der Waals surface area contributed by atoms with Gasteiger partial charge in [0.05, 0.1) is 12.6 Å². The lowest BCUT2D eigenvalue weighted by atomic mass is 9.96. The van der Waals surface area contributed by atoms with Gasteiger partial charge in [-0.05, 0) is 64.4 Å². The van der Waals surface area contributed by atoms with E-state index in [0.717, 1.165) is 44.6 Å². The molecule has 0 radical (unpaired) electrons. The molecule has 0 aliphatic carbocycles. The Labute approximate surface area is 149 Å². The van der Waals surface area contributed by atoms with Crippen LogP contribution in [0.1, 0.15) is 37.3 Å². The van der Waals surface area contributed by atoms with Gasteiger partial charge in [-0.25, -0.2) is 0 Å². The average Bonchev–Trinajstić information content (AvgIpc) is 3.11. The fourth-order valence-corrected chi connectivity index (χ4v) is 3.29. The lowest BCUT2D eigenvalue weighted by Gasteiger charge is -2.31. The second-order valence-corrected chi connectivity index (χ2v) is 6.95. The fourth-order valence-electron chi connectivity index (χ4n) is 3.29. The number of hydrogen-bond acceptors (Lipinski definition) is 6. The molecule has 1 unspecified atom stereocenters. The molecular weight excluding hydrogens is 316 g/mol. The van der Waals surface area contributed by atoms with Crippen molar-refractivity contribution in [2.24, 2.45) is 5.92 Å². The standard InChI is InChI=1S/C19H28N4O2/c1-14-4-3-5-17(12-14)19-22-21-18(25-19)15(2)20-13-16-6-8-23(9-7-16)10-11-24/h3-5,12,15-16,20,24H,6-11,13H2,1-2H3. The van der Waals surface area contributed by atoms with Crippen LogP contribution in [0.4, 0.5) is 0 Å². The zero-order valence-electron chi connectivity index (χ0n) is 15.1. The Morgan fingerprint density at radius 3 is 2.84 bits per heavy atom. The third-order valence-electron chi connectivity index (χ3n) is 4.91. The molecule has 0 bridgehead atoms. The Morgan fingerprint density at radius 2 is 2.12 bits per heavy atom. The number of aliphatic hydroxyl groups is 1. The number of benzene rings is 1. The van der Waals surface area contributed by atoms with Gasteiger partial charge in [0.15, 0.2) is 0 Å². The van der Waals surface area contributed by atoms with E-state index in [1.807, 2.05) is 12.1 Å². The summed E-state index contributed by atoms with van der Waals surface area (Å²) in [5.74, 6) is 1.87. The van der Waals surface area contributed by atoms with Crippen LogP contribution in [0, 0.1) is 12.8 Å². The van der Waals surface area contributed by atoms with Crippen molar-refractivity contribution in [3.05, 3.63) is 35.7 Å². The van der Waals surface area contributed by atoms with Crippen molar-refractivity contribution in [2.45, 2.75) is 32.7 Å². The van der Waals surface area contributed by atoms with E-state index in [1.165, 1.54) is 5.56 Å². The molecule has 1 aromatic carbocycles. The van der Waals surface area contributed by atoms with Gasteiger partial charge in [0.1, 0.15) is 0 Å². The molecule has 1 aliphatic rings. The summed E-state index contributed by atoms with van der Waals surface area (Å²) in [4.78, 5) is 2.33. The molecule has 1 aliphatic heterocycles. The van der Waals surface area contributed by atoms with Crippen molar-refractivity contribution in [2.75, 3.05) is 32.8 Å². The van der Waals surface area contributed by atoms with Crippen molar-refractivity contribution in [1.82, 2.24) is 20.4 Å². The van der Waals surface area contributed by atoms with Crippen molar-refractivity contribution in [1.29, 1.82) is 0 Å². The summed E-state index contributed by atoms with van der Waals surface area (Å²) < 4.78 is 5.85. The molecule has 1 atom stereocenters. The largest absolute Gasteiger partial charge is 0.419 e. The number of aliphatic hydroxyl groups excluding tert-OH is 1. The van der Waals surface area contributed by atoms with Crippen LogP contribution in [-0.4, -0.2) is 53.0 Å². The highest BCUT2D eigenvalue weighted by Crippen LogP contribution is 2.22. The number of piperidine rings is 1. The van der Waals surface area contributed by atoms with Crippen LogP contribution in [0.25, 0.3) is 11.5 Å². The third kappa shape index (κ3) is 4.87. The third-order valence-corrected chi connectivity index (χ3v) is 4.91. The van der Waals surface area contributed by atoms with E-state index in [2.05, 4.69) is 46.4 Å². The quantitative estimate of drug-likeness (QED) is 0.803. The molecule has 136 valence electrons. The maximum absolute atomic E-state index is 9.01. The molecular formula is C19H28N4O2. The van der Waals surface area contributed by atoms with Crippen molar-refractivity contribution in [3.63, 3.8) is 0 Å². The van der Waals surface area contributed by atoms with Crippen molar-refractivity contribution < 1.29 is 9.52 Å². The number of rotatable bonds is 7. The summed E-state index contributed by atoms with van der Waals surface area (Å²) in [6.07, 6.45) is 2.33. The van der Waals surface area contributed by atoms with E-state index < -0.39 is 0 Å². The maximum atomic E-state index is 9.01. The van der Waals surface area contributed by atoms with E-state index >= 15 is 0 Å². The maximum Gasteiger partial charge on any atom is 0.247 e. The number of β-amino-alcohol motifs (C(OH)–C–C–N with tert-alkyl or cyclic N) is 1. The van der Waals surface area contributed by atoms with Gasteiger partial charge in [0.2, 0.25) is 11.8 Å². The van der Waals surface area contributed by atoms with Crippen LogP contribution >= 0.6 is 0 Å². The molecule has 6 heteroatoms. The van der Waals surface area contributed by atoms with Gasteiger partial charge < -0.3 is 19.7 Å². The van der Waals surface area contributed by atoms with E-state index in [0.29, 0.717) is 17.7 Å². The summed E-state index contributed by atoms with van der Waals surface area (Å²) in [7, 11) is 0. The predicted octanol–water partition coefficient (Wildman–Crippen LogP) is 2.40. The predicted molar refractivity (Wildman–Crippen MR) is 97.1 cm³/mol. The molecule has 0 spiro atoms. The normalized spacial score (nSPS) is 17.7. The highest BCUT2D eigenvalue weighted by Gasteiger charge is 2.21.